The van der Waals surface area contributed by atoms with Crippen molar-refractivity contribution in [1.82, 2.24) is 4.90 Å². The molecule has 0 fully saturated rings. The third-order valence-electron chi connectivity index (χ3n) is 5.01. The number of hydrogen-bond acceptors (Lipinski definition) is 3. The van der Waals surface area contributed by atoms with E-state index in [0.717, 1.165) is 32.5 Å². The summed E-state index contributed by atoms with van der Waals surface area (Å²) in [5, 5.41) is 0. The fourth-order valence-corrected chi connectivity index (χ4v) is 3.19. The van der Waals surface area contributed by atoms with E-state index >= 15 is 0 Å². The maximum Gasteiger partial charge on any atom is 0.305 e. The van der Waals surface area contributed by atoms with Crippen LogP contribution in [0.25, 0.3) is 0 Å². The molecule has 0 saturated heterocycles. The first-order valence-electron chi connectivity index (χ1n) is 11.1. The van der Waals surface area contributed by atoms with Gasteiger partial charge in [-0.25, -0.2) is 0 Å². The summed E-state index contributed by atoms with van der Waals surface area (Å²) < 4.78 is 5.33. The van der Waals surface area contributed by atoms with Crippen LogP contribution in [-0.2, 0) is 9.53 Å². The molecule has 3 heteroatoms. The van der Waals surface area contributed by atoms with E-state index in [-0.39, 0.29) is 5.97 Å². The van der Waals surface area contributed by atoms with E-state index < -0.39 is 0 Å². The van der Waals surface area contributed by atoms with E-state index in [0.29, 0.717) is 13.0 Å². The van der Waals surface area contributed by atoms with Crippen LogP contribution in [0.2, 0.25) is 0 Å². The van der Waals surface area contributed by atoms with Gasteiger partial charge >= 0.3 is 5.97 Å². The molecule has 0 atom stereocenters. The predicted molar refractivity (Wildman–Crippen MR) is 109 cm³/mol. The highest BCUT2D eigenvalue weighted by Gasteiger charge is 2.04. The minimum atomic E-state index is -0.0183. The molecule has 0 heterocycles. The summed E-state index contributed by atoms with van der Waals surface area (Å²) in [5.74, 6) is -0.0183. The Kier molecular flexibility index (Phi) is 19.3. The Hall–Kier alpha value is -0.570. The highest BCUT2D eigenvalue weighted by molar-refractivity contribution is 5.69. The van der Waals surface area contributed by atoms with E-state index in [9.17, 15) is 4.79 Å². The van der Waals surface area contributed by atoms with Gasteiger partial charge in [-0.3, -0.25) is 4.79 Å². The number of nitrogens with zero attached hydrogens (tertiary/aromatic N) is 1. The first-order chi connectivity index (χ1) is 12.2. The normalized spacial score (nSPS) is 11.2. The first kappa shape index (κ1) is 24.4. The monoisotopic (exact) mass is 355 g/mol. The number of ether oxygens (including phenoxy) is 1. The quantitative estimate of drug-likeness (QED) is 0.200. The lowest BCUT2D eigenvalue weighted by molar-refractivity contribution is -0.143. The summed E-state index contributed by atoms with van der Waals surface area (Å²) in [5.41, 5.74) is 0. The standard InChI is InChI=1S/C22H45NO2/c1-4-7-8-9-10-11-12-13-14-15-16-17-21-25-22(24)19-18-20-23(5-2)6-3/h4-21H2,1-3H3. The number of hydrogen-bond donors (Lipinski definition) is 0. The lowest BCUT2D eigenvalue weighted by atomic mass is 10.1. The number of carbonyl (C=O) groups excluding carboxylic acids is 1. The predicted octanol–water partition coefficient (Wildman–Crippen LogP) is 6.35. The van der Waals surface area contributed by atoms with Gasteiger partial charge < -0.3 is 9.64 Å². The molecule has 0 aromatic carbocycles. The van der Waals surface area contributed by atoms with Crippen LogP contribution in [-0.4, -0.2) is 37.1 Å². The molecular weight excluding hydrogens is 310 g/mol. The van der Waals surface area contributed by atoms with Crippen LogP contribution in [0, 0.1) is 0 Å². The van der Waals surface area contributed by atoms with Crippen LogP contribution in [0.4, 0.5) is 0 Å². The van der Waals surface area contributed by atoms with Crippen molar-refractivity contribution in [3.05, 3.63) is 0 Å². The molecule has 0 aliphatic rings. The molecule has 0 N–H and O–H groups in total. The molecule has 0 aromatic heterocycles. The average molecular weight is 356 g/mol. The van der Waals surface area contributed by atoms with Gasteiger partial charge in [-0.05, 0) is 32.5 Å². The summed E-state index contributed by atoms with van der Waals surface area (Å²) in [6.07, 6.45) is 17.5. The van der Waals surface area contributed by atoms with Crippen molar-refractivity contribution >= 4 is 5.97 Å². The van der Waals surface area contributed by atoms with Crippen molar-refractivity contribution in [2.24, 2.45) is 0 Å². The SMILES string of the molecule is CCCCCCCCCCCCCCOC(=O)CCCN(CC)CC. The molecule has 0 amide bonds. The molecule has 0 aliphatic carbocycles. The van der Waals surface area contributed by atoms with Crippen LogP contribution in [0.5, 0.6) is 0 Å². The summed E-state index contributed by atoms with van der Waals surface area (Å²) in [6.45, 7) is 10.3. The molecular formula is C22H45NO2. The van der Waals surface area contributed by atoms with E-state index in [4.69, 9.17) is 4.74 Å². The molecule has 0 aromatic rings. The fourth-order valence-electron chi connectivity index (χ4n) is 3.19. The van der Waals surface area contributed by atoms with E-state index in [2.05, 4.69) is 25.7 Å². The Balaban J connectivity index is 3.21. The van der Waals surface area contributed by atoms with Crippen LogP contribution >= 0.6 is 0 Å². The number of esters is 1. The Labute approximate surface area is 157 Å². The number of rotatable bonds is 19. The number of carbonyl (C=O) groups is 1. The molecule has 0 spiro atoms. The maximum atomic E-state index is 11.7. The minimum absolute atomic E-state index is 0.0183. The topological polar surface area (TPSA) is 29.5 Å². The molecule has 0 unspecified atom stereocenters. The largest absolute Gasteiger partial charge is 0.466 e. The second-order valence-electron chi connectivity index (χ2n) is 7.24. The van der Waals surface area contributed by atoms with Gasteiger partial charge in [0, 0.05) is 6.42 Å². The van der Waals surface area contributed by atoms with Gasteiger partial charge in [-0.15, -0.1) is 0 Å². The van der Waals surface area contributed by atoms with Crippen LogP contribution < -0.4 is 0 Å². The van der Waals surface area contributed by atoms with E-state index in [1.54, 1.807) is 0 Å². The Bertz CT molecular complexity index is 277. The van der Waals surface area contributed by atoms with Crippen LogP contribution in [0.15, 0.2) is 0 Å². The number of unbranched alkanes of at least 4 members (excludes halogenated alkanes) is 11. The van der Waals surface area contributed by atoms with Crippen LogP contribution in [0.3, 0.4) is 0 Å². The second-order valence-corrected chi connectivity index (χ2v) is 7.24. The van der Waals surface area contributed by atoms with E-state index in [1.807, 2.05) is 0 Å². The molecule has 150 valence electrons. The molecule has 25 heavy (non-hydrogen) atoms. The zero-order chi connectivity index (χ0) is 18.6. The maximum absolute atomic E-state index is 11.7. The zero-order valence-electron chi connectivity index (χ0n) is 17.5. The van der Waals surface area contributed by atoms with Crippen molar-refractivity contribution in [2.45, 2.75) is 111 Å². The van der Waals surface area contributed by atoms with Gasteiger partial charge in [-0.2, -0.15) is 0 Å². The average Bonchev–Trinajstić information content (AvgIpc) is 2.62. The van der Waals surface area contributed by atoms with Crippen molar-refractivity contribution in [2.75, 3.05) is 26.2 Å². The third kappa shape index (κ3) is 18.0. The Morgan fingerprint density at radius 3 is 1.64 bits per heavy atom. The third-order valence-corrected chi connectivity index (χ3v) is 5.01. The molecule has 0 rings (SSSR count). The molecule has 3 nitrogen and oxygen atoms in total. The minimum Gasteiger partial charge on any atom is -0.466 e. The molecule has 0 radical (unpaired) electrons. The van der Waals surface area contributed by atoms with Gasteiger partial charge in [0.15, 0.2) is 0 Å². The smallest absolute Gasteiger partial charge is 0.305 e. The van der Waals surface area contributed by atoms with Gasteiger partial charge in [0.05, 0.1) is 6.61 Å². The van der Waals surface area contributed by atoms with Crippen molar-refractivity contribution in [3.63, 3.8) is 0 Å². The zero-order valence-corrected chi connectivity index (χ0v) is 17.5. The van der Waals surface area contributed by atoms with Crippen molar-refractivity contribution in [1.29, 1.82) is 0 Å². The summed E-state index contributed by atoms with van der Waals surface area (Å²) in [7, 11) is 0. The van der Waals surface area contributed by atoms with Gasteiger partial charge in [0.2, 0.25) is 0 Å². The lowest BCUT2D eigenvalue weighted by Crippen LogP contribution is -2.24. The first-order valence-corrected chi connectivity index (χ1v) is 11.1. The van der Waals surface area contributed by atoms with Gasteiger partial charge in [-0.1, -0.05) is 91.4 Å². The van der Waals surface area contributed by atoms with Crippen LogP contribution in [0.1, 0.15) is 111 Å². The highest BCUT2D eigenvalue weighted by atomic mass is 16.5. The summed E-state index contributed by atoms with van der Waals surface area (Å²) in [6, 6.07) is 0. The molecule has 0 aliphatic heterocycles. The van der Waals surface area contributed by atoms with Gasteiger partial charge in [0.25, 0.3) is 0 Å². The van der Waals surface area contributed by atoms with E-state index in [1.165, 1.54) is 70.6 Å². The highest BCUT2D eigenvalue weighted by Crippen LogP contribution is 2.12. The summed E-state index contributed by atoms with van der Waals surface area (Å²) in [4.78, 5) is 14.0. The van der Waals surface area contributed by atoms with Gasteiger partial charge in [0.1, 0.15) is 0 Å². The second kappa shape index (κ2) is 19.8. The van der Waals surface area contributed by atoms with Crippen molar-refractivity contribution < 1.29 is 9.53 Å². The lowest BCUT2D eigenvalue weighted by Gasteiger charge is -2.17. The Morgan fingerprint density at radius 2 is 1.16 bits per heavy atom. The summed E-state index contributed by atoms with van der Waals surface area (Å²) >= 11 is 0. The Morgan fingerprint density at radius 1 is 0.680 bits per heavy atom. The van der Waals surface area contributed by atoms with Crippen molar-refractivity contribution in [3.8, 4) is 0 Å². The molecule has 0 bridgehead atoms. The fraction of sp³-hybridized carbons (Fsp3) is 0.955. The molecule has 0 saturated carbocycles.